The third kappa shape index (κ3) is 2.54. The largest absolute Gasteiger partial charge is 0.381 e. The lowest BCUT2D eigenvalue weighted by Gasteiger charge is -2.33. The number of nitrogens with one attached hydrogen (secondary N) is 1. The molecular formula is C14H18BrClN2. The summed E-state index contributed by atoms with van der Waals surface area (Å²) in [5, 5.41) is 4.45. The Balaban J connectivity index is 1.70. The third-order valence-corrected chi connectivity index (χ3v) is 5.34. The zero-order chi connectivity index (χ0) is 12.5. The van der Waals surface area contributed by atoms with E-state index in [1.54, 1.807) is 0 Å². The van der Waals surface area contributed by atoms with Crippen LogP contribution in [0.2, 0.25) is 5.02 Å². The Morgan fingerprint density at radius 2 is 2.11 bits per heavy atom. The van der Waals surface area contributed by atoms with E-state index in [9.17, 15) is 0 Å². The molecule has 0 aromatic heterocycles. The second-order valence-electron chi connectivity index (χ2n) is 5.27. The monoisotopic (exact) mass is 328 g/mol. The lowest BCUT2D eigenvalue weighted by atomic mass is 9.99. The lowest BCUT2D eigenvalue weighted by Crippen LogP contribution is -2.41. The van der Waals surface area contributed by atoms with Gasteiger partial charge in [0.15, 0.2) is 0 Å². The molecule has 18 heavy (non-hydrogen) atoms. The normalized spacial score (nSPS) is 28.1. The Labute approximate surface area is 122 Å². The molecule has 0 bridgehead atoms. The zero-order valence-corrected chi connectivity index (χ0v) is 12.7. The van der Waals surface area contributed by atoms with Crippen LogP contribution in [0.25, 0.3) is 0 Å². The number of hydrogen-bond acceptors (Lipinski definition) is 2. The van der Waals surface area contributed by atoms with Crippen LogP contribution in [0.1, 0.15) is 25.7 Å². The molecule has 3 rings (SSSR count). The summed E-state index contributed by atoms with van der Waals surface area (Å²) < 4.78 is 0.965. The molecule has 2 unspecified atom stereocenters. The van der Waals surface area contributed by atoms with Gasteiger partial charge in [0.05, 0.1) is 5.02 Å². The molecule has 0 amide bonds. The first kappa shape index (κ1) is 12.8. The van der Waals surface area contributed by atoms with Gasteiger partial charge in [-0.2, -0.15) is 0 Å². The fourth-order valence-electron chi connectivity index (χ4n) is 3.22. The summed E-state index contributed by atoms with van der Waals surface area (Å²) in [5.41, 5.74) is 1.17. The molecular weight excluding hydrogens is 312 g/mol. The minimum atomic E-state index is 0.596. The number of piperidine rings is 1. The number of anilines is 1. The average molecular weight is 330 g/mol. The smallest absolute Gasteiger partial charge is 0.0549 e. The highest BCUT2D eigenvalue weighted by molar-refractivity contribution is 9.10. The van der Waals surface area contributed by atoms with Gasteiger partial charge in [-0.05, 0) is 59.9 Å². The van der Waals surface area contributed by atoms with Crippen molar-refractivity contribution >= 4 is 33.2 Å². The quantitative estimate of drug-likeness (QED) is 0.877. The standard InChI is InChI=1S/C14H18BrClN2/c15-11-9-10(4-5-12(11)16)17-13-6-8-18-7-2-1-3-14(13)18/h4-5,9,13-14,17H,1-3,6-8H2. The summed E-state index contributed by atoms with van der Waals surface area (Å²) in [5.74, 6) is 0. The molecule has 0 aliphatic carbocycles. The Morgan fingerprint density at radius 1 is 1.22 bits per heavy atom. The second kappa shape index (κ2) is 5.40. The fraction of sp³-hybridized carbons (Fsp3) is 0.571. The topological polar surface area (TPSA) is 15.3 Å². The van der Waals surface area contributed by atoms with E-state index in [0.29, 0.717) is 6.04 Å². The van der Waals surface area contributed by atoms with Crippen LogP contribution in [0.5, 0.6) is 0 Å². The maximum atomic E-state index is 6.03. The first-order chi connectivity index (χ1) is 8.74. The van der Waals surface area contributed by atoms with Gasteiger partial charge in [-0.15, -0.1) is 0 Å². The van der Waals surface area contributed by atoms with E-state index in [1.165, 1.54) is 44.5 Å². The summed E-state index contributed by atoms with van der Waals surface area (Å²) >= 11 is 9.51. The first-order valence-electron chi connectivity index (χ1n) is 6.70. The molecule has 0 radical (unpaired) electrons. The molecule has 2 nitrogen and oxygen atoms in total. The average Bonchev–Trinajstić information content (AvgIpc) is 2.78. The summed E-state index contributed by atoms with van der Waals surface area (Å²) in [4.78, 5) is 2.64. The summed E-state index contributed by atoms with van der Waals surface area (Å²) in [6.45, 7) is 2.53. The highest BCUT2D eigenvalue weighted by atomic mass is 79.9. The molecule has 1 aromatic carbocycles. The SMILES string of the molecule is Clc1ccc(NC2CCN3CCCCC23)cc1Br. The van der Waals surface area contributed by atoms with Crippen molar-refractivity contribution in [1.29, 1.82) is 0 Å². The minimum Gasteiger partial charge on any atom is -0.381 e. The molecule has 1 aromatic rings. The van der Waals surface area contributed by atoms with Gasteiger partial charge in [0.2, 0.25) is 0 Å². The van der Waals surface area contributed by atoms with Gasteiger partial charge in [-0.25, -0.2) is 0 Å². The molecule has 1 N–H and O–H groups in total. The van der Waals surface area contributed by atoms with Crippen molar-refractivity contribution in [2.75, 3.05) is 18.4 Å². The van der Waals surface area contributed by atoms with Crippen molar-refractivity contribution in [2.45, 2.75) is 37.8 Å². The van der Waals surface area contributed by atoms with E-state index >= 15 is 0 Å². The number of halogens is 2. The van der Waals surface area contributed by atoms with E-state index in [1.807, 2.05) is 6.07 Å². The third-order valence-electron chi connectivity index (χ3n) is 4.13. The lowest BCUT2D eigenvalue weighted by molar-refractivity contribution is 0.193. The highest BCUT2D eigenvalue weighted by Gasteiger charge is 2.35. The number of fused-ring (bicyclic) bond motifs is 1. The van der Waals surface area contributed by atoms with Gasteiger partial charge >= 0.3 is 0 Å². The Morgan fingerprint density at radius 3 is 2.94 bits per heavy atom. The van der Waals surface area contributed by atoms with Crippen LogP contribution >= 0.6 is 27.5 Å². The van der Waals surface area contributed by atoms with Crippen molar-refractivity contribution in [3.05, 3.63) is 27.7 Å². The van der Waals surface area contributed by atoms with Crippen LogP contribution in [-0.2, 0) is 0 Å². The van der Waals surface area contributed by atoms with Crippen molar-refractivity contribution < 1.29 is 0 Å². The Hall–Kier alpha value is -0.250. The summed E-state index contributed by atoms with van der Waals surface area (Å²) in [7, 11) is 0. The van der Waals surface area contributed by atoms with E-state index in [4.69, 9.17) is 11.6 Å². The van der Waals surface area contributed by atoms with Crippen LogP contribution in [0, 0.1) is 0 Å². The number of rotatable bonds is 2. The Bertz CT molecular complexity index is 438. The Kier molecular flexibility index (Phi) is 3.83. The van der Waals surface area contributed by atoms with Crippen LogP contribution < -0.4 is 5.32 Å². The van der Waals surface area contributed by atoms with Crippen molar-refractivity contribution in [1.82, 2.24) is 4.90 Å². The molecule has 0 spiro atoms. The van der Waals surface area contributed by atoms with Crippen molar-refractivity contribution in [3.63, 3.8) is 0 Å². The number of benzene rings is 1. The van der Waals surface area contributed by atoms with Gasteiger partial charge in [0, 0.05) is 28.8 Å². The van der Waals surface area contributed by atoms with E-state index in [2.05, 4.69) is 38.3 Å². The molecule has 2 heterocycles. The van der Waals surface area contributed by atoms with E-state index in [0.717, 1.165) is 15.5 Å². The maximum Gasteiger partial charge on any atom is 0.0549 e. The number of nitrogens with zero attached hydrogens (tertiary/aromatic N) is 1. The molecule has 0 saturated carbocycles. The van der Waals surface area contributed by atoms with Crippen LogP contribution in [-0.4, -0.2) is 30.1 Å². The molecule has 2 fully saturated rings. The predicted molar refractivity (Wildman–Crippen MR) is 80.4 cm³/mol. The fourth-order valence-corrected chi connectivity index (χ4v) is 3.71. The van der Waals surface area contributed by atoms with Gasteiger partial charge in [0.25, 0.3) is 0 Å². The maximum absolute atomic E-state index is 6.03. The van der Waals surface area contributed by atoms with Gasteiger partial charge in [-0.3, -0.25) is 4.90 Å². The van der Waals surface area contributed by atoms with Crippen LogP contribution in [0.3, 0.4) is 0 Å². The van der Waals surface area contributed by atoms with E-state index < -0.39 is 0 Å². The van der Waals surface area contributed by atoms with Gasteiger partial charge < -0.3 is 5.32 Å². The van der Waals surface area contributed by atoms with Crippen LogP contribution in [0.15, 0.2) is 22.7 Å². The molecule has 4 heteroatoms. The van der Waals surface area contributed by atoms with Gasteiger partial charge in [-0.1, -0.05) is 18.0 Å². The predicted octanol–water partition coefficient (Wildman–Crippen LogP) is 4.14. The van der Waals surface area contributed by atoms with E-state index in [-0.39, 0.29) is 0 Å². The summed E-state index contributed by atoms with van der Waals surface area (Å²) in [6.07, 6.45) is 5.34. The molecule has 2 atom stereocenters. The number of hydrogen-bond donors (Lipinski definition) is 1. The summed E-state index contributed by atoms with van der Waals surface area (Å²) in [6, 6.07) is 7.42. The van der Waals surface area contributed by atoms with Crippen molar-refractivity contribution in [3.8, 4) is 0 Å². The second-order valence-corrected chi connectivity index (χ2v) is 6.53. The first-order valence-corrected chi connectivity index (χ1v) is 7.87. The highest BCUT2D eigenvalue weighted by Crippen LogP contribution is 2.31. The molecule has 2 aliphatic rings. The molecule has 98 valence electrons. The zero-order valence-electron chi connectivity index (χ0n) is 10.3. The minimum absolute atomic E-state index is 0.596. The van der Waals surface area contributed by atoms with Crippen molar-refractivity contribution in [2.24, 2.45) is 0 Å². The molecule has 2 aliphatic heterocycles. The molecule has 2 saturated heterocycles. The van der Waals surface area contributed by atoms with Gasteiger partial charge in [0.1, 0.15) is 0 Å². The van der Waals surface area contributed by atoms with Crippen LogP contribution in [0.4, 0.5) is 5.69 Å².